The van der Waals surface area contributed by atoms with Crippen molar-refractivity contribution in [3.63, 3.8) is 0 Å². The van der Waals surface area contributed by atoms with Crippen molar-refractivity contribution in [2.75, 3.05) is 13.7 Å². The SMILES string of the molecule is COc1ccc(C(N)(C(C=O)C(=O)O)N2CC[C@@H]2C)cc1. The largest absolute Gasteiger partial charge is 0.497 e. The fraction of sp³-hybridized carbons (Fsp3) is 0.467. The van der Waals surface area contributed by atoms with E-state index in [1.54, 1.807) is 31.4 Å². The second-order valence-corrected chi connectivity index (χ2v) is 5.34. The number of ether oxygens (including phenoxy) is 1. The number of carbonyl (C=O) groups is 2. The fourth-order valence-corrected chi connectivity index (χ4v) is 2.80. The molecule has 0 saturated carbocycles. The highest BCUT2D eigenvalue weighted by atomic mass is 16.5. The van der Waals surface area contributed by atoms with Crippen LogP contribution >= 0.6 is 0 Å². The third kappa shape index (κ3) is 2.52. The van der Waals surface area contributed by atoms with Crippen molar-refractivity contribution in [1.82, 2.24) is 4.90 Å². The molecule has 0 aromatic heterocycles. The second-order valence-electron chi connectivity index (χ2n) is 5.34. The molecule has 0 radical (unpaired) electrons. The molecule has 0 bridgehead atoms. The van der Waals surface area contributed by atoms with E-state index >= 15 is 0 Å². The first-order chi connectivity index (χ1) is 9.94. The molecule has 3 N–H and O–H groups in total. The molecule has 1 fully saturated rings. The van der Waals surface area contributed by atoms with Gasteiger partial charge in [-0.25, -0.2) is 0 Å². The highest BCUT2D eigenvalue weighted by molar-refractivity contribution is 5.88. The number of likely N-dealkylation sites (tertiary alicyclic amines) is 1. The predicted octanol–water partition coefficient (Wildman–Crippen LogP) is 0.801. The molecule has 0 aliphatic carbocycles. The Hall–Kier alpha value is -1.92. The van der Waals surface area contributed by atoms with Crippen molar-refractivity contribution >= 4 is 12.3 Å². The Morgan fingerprint density at radius 2 is 2.14 bits per heavy atom. The number of methoxy groups -OCH3 is 1. The molecule has 0 spiro atoms. The summed E-state index contributed by atoms with van der Waals surface area (Å²) >= 11 is 0. The van der Waals surface area contributed by atoms with Crippen LogP contribution in [0.5, 0.6) is 5.75 Å². The quantitative estimate of drug-likeness (QED) is 0.595. The number of hydrogen-bond acceptors (Lipinski definition) is 5. The zero-order chi connectivity index (χ0) is 15.6. The Kier molecular flexibility index (Phi) is 4.29. The number of rotatable bonds is 6. The molecule has 6 nitrogen and oxygen atoms in total. The van der Waals surface area contributed by atoms with Crippen LogP contribution in [0.25, 0.3) is 0 Å². The van der Waals surface area contributed by atoms with Gasteiger partial charge < -0.3 is 20.4 Å². The standard InChI is InChI=1S/C15H20N2O4/c1-10-7-8-17(10)15(16,13(9-18)14(19)20)11-3-5-12(21-2)6-4-11/h3-6,9-10,13H,7-8,16H2,1-2H3,(H,19,20)/t10-,13?,15?/m0/s1. The van der Waals surface area contributed by atoms with E-state index in [0.717, 1.165) is 6.42 Å². The molecule has 2 unspecified atom stereocenters. The van der Waals surface area contributed by atoms with Crippen molar-refractivity contribution in [3.8, 4) is 5.75 Å². The molecule has 21 heavy (non-hydrogen) atoms. The molecule has 1 aromatic carbocycles. The van der Waals surface area contributed by atoms with Gasteiger partial charge in [0.25, 0.3) is 0 Å². The van der Waals surface area contributed by atoms with Gasteiger partial charge in [0.2, 0.25) is 0 Å². The maximum absolute atomic E-state index is 11.5. The monoisotopic (exact) mass is 292 g/mol. The number of benzene rings is 1. The minimum Gasteiger partial charge on any atom is -0.497 e. The molecule has 3 atom stereocenters. The third-order valence-corrected chi connectivity index (χ3v) is 4.22. The summed E-state index contributed by atoms with van der Waals surface area (Å²) in [5.41, 5.74) is 5.68. The Morgan fingerprint density at radius 3 is 2.48 bits per heavy atom. The first-order valence-electron chi connectivity index (χ1n) is 6.83. The highest BCUT2D eigenvalue weighted by Gasteiger charge is 2.50. The average molecular weight is 292 g/mol. The van der Waals surface area contributed by atoms with E-state index in [1.807, 2.05) is 11.8 Å². The maximum atomic E-state index is 11.5. The maximum Gasteiger partial charge on any atom is 0.317 e. The Morgan fingerprint density at radius 1 is 1.52 bits per heavy atom. The summed E-state index contributed by atoms with van der Waals surface area (Å²) in [7, 11) is 1.55. The first kappa shape index (κ1) is 15.5. The van der Waals surface area contributed by atoms with Crippen molar-refractivity contribution in [2.45, 2.75) is 25.0 Å². The van der Waals surface area contributed by atoms with E-state index in [-0.39, 0.29) is 6.04 Å². The van der Waals surface area contributed by atoms with Gasteiger partial charge in [0.1, 0.15) is 23.6 Å². The van der Waals surface area contributed by atoms with Crippen LogP contribution in [0.3, 0.4) is 0 Å². The smallest absolute Gasteiger partial charge is 0.317 e. The molecule has 1 aliphatic heterocycles. The molecule has 1 aliphatic rings. The van der Waals surface area contributed by atoms with Gasteiger partial charge in [-0.3, -0.25) is 9.69 Å². The lowest BCUT2D eigenvalue weighted by atomic mass is 9.81. The molecule has 1 heterocycles. The van der Waals surface area contributed by atoms with Crippen LogP contribution in [-0.4, -0.2) is 42.0 Å². The van der Waals surface area contributed by atoms with Crippen LogP contribution in [0.1, 0.15) is 18.9 Å². The summed E-state index contributed by atoms with van der Waals surface area (Å²) in [5, 5.41) is 9.36. The zero-order valence-electron chi connectivity index (χ0n) is 12.2. The topological polar surface area (TPSA) is 92.9 Å². The summed E-state index contributed by atoms with van der Waals surface area (Å²) < 4.78 is 5.10. The lowest BCUT2D eigenvalue weighted by Gasteiger charge is -2.52. The predicted molar refractivity (Wildman–Crippen MR) is 76.8 cm³/mol. The molecular weight excluding hydrogens is 272 g/mol. The van der Waals surface area contributed by atoms with E-state index < -0.39 is 17.6 Å². The van der Waals surface area contributed by atoms with E-state index in [1.165, 1.54) is 0 Å². The van der Waals surface area contributed by atoms with Gasteiger partial charge in [0, 0.05) is 12.6 Å². The van der Waals surface area contributed by atoms with Crippen molar-refractivity contribution in [3.05, 3.63) is 29.8 Å². The Bertz CT molecular complexity index is 531. The molecule has 6 heteroatoms. The van der Waals surface area contributed by atoms with E-state index in [0.29, 0.717) is 24.1 Å². The number of carboxylic acids is 1. The minimum absolute atomic E-state index is 0.138. The number of carboxylic acid groups (broad SMARTS) is 1. The van der Waals surface area contributed by atoms with Crippen LogP contribution in [0, 0.1) is 5.92 Å². The van der Waals surface area contributed by atoms with Crippen molar-refractivity contribution in [1.29, 1.82) is 0 Å². The number of aliphatic carboxylic acids is 1. The first-order valence-corrected chi connectivity index (χ1v) is 6.83. The highest BCUT2D eigenvalue weighted by Crippen LogP contribution is 2.37. The second kappa shape index (κ2) is 5.83. The molecule has 1 aromatic rings. The van der Waals surface area contributed by atoms with Gasteiger partial charge in [0.15, 0.2) is 0 Å². The Balaban J connectivity index is 2.48. The Labute approximate surface area is 123 Å². The van der Waals surface area contributed by atoms with Gasteiger partial charge in [-0.05, 0) is 31.0 Å². The van der Waals surface area contributed by atoms with Gasteiger partial charge in [-0.15, -0.1) is 0 Å². The molecular formula is C15H20N2O4. The van der Waals surface area contributed by atoms with E-state index in [9.17, 15) is 14.7 Å². The summed E-state index contributed by atoms with van der Waals surface area (Å²) in [5.74, 6) is -1.90. The van der Waals surface area contributed by atoms with Crippen molar-refractivity contribution in [2.24, 2.45) is 11.7 Å². The van der Waals surface area contributed by atoms with Crippen LogP contribution in [-0.2, 0) is 15.3 Å². The minimum atomic E-state index is -1.35. The number of nitrogens with two attached hydrogens (primary N) is 1. The number of carbonyl (C=O) groups excluding carboxylic acids is 1. The molecule has 2 rings (SSSR count). The molecule has 0 amide bonds. The van der Waals surface area contributed by atoms with Crippen molar-refractivity contribution < 1.29 is 19.4 Å². The van der Waals surface area contributed by atoms with E-state index in [2.05, 4.69) is 0 Å². The number of hydrogen-bond donors (Lipinski definition) is 2. The van der Waals surface area contributed by atoms with Crippen LogP contribution in [0.4, 0.5) is 0 Å². The van der Waals surface area contributed by atoms with Gasteiger partial charge in [-0.1, -0.05) is 12.1 Å². The summed E-state index contributed by atoms with van der Waals surface area (Å²) in [4.78, 5) is 24.7. The molecule has 114 valence electrons. The summed E-state index contributed by atoms with van der Waals surface area (Å²) in [6, 6.07) is 6.99. The van der Waals surface area contributed by atoms with E-state index in [4.69, 9.17) is 10.5 Å². The summed E-state index contributed by atoms with van der Waals surface area (Å²) in [6.07, 6.45) is 1.35. The van der Waals surface area contributed by atoms with Crippen LogP contribution in [0.2, 0.25) is 0 Å². The zero-order valence-corrected chi connectivity index (χ0v) is 12.2. The van der Waals surface area contributed by atoms with Crippen LogP contribution < -0.4 is 10.5 Å². The van der Waals surface area contributed by atoms with Gasteiger partial charge in [-0.2, -0.15) is 0 Å². The van der Waals surface area contributed by atoms with Gasteiger partial charge >= 0.3 is 5.97 Å². The summed E-state index contributed by atoms with van der Waals surface area (Å²) in [6.45, 7) is 2.64. The number of aldehydes is 1. The fourth-order valence-electron chi connectivity index (χ4n) is 2.80. The average Bonchev–Trinajstić information content (AvgIpc) is 2.45. The van der Waals surface area contributed by atoms with Crippen LogP contribution in [0.15, 0.2) is 24.3 Å². The lowest BCUT2D eigenvalue weighted by Crippen LogP contribution is -2.67. The van der Waals surface area contributed by atoms with Gasteiger partial charge in [0.05, 0.1) is 7.11 Å². The normalized spacial score (nSPS) is 22.7. The third-order valence-electron chi connectivity index (χ3n) is 4.22. The molecule has 1 saturated heterocycles. The lowest BCUT2D eigenvalue weighted by molar-refractivity contribution is -0.155. The number of nitrogens with zero attached hydrogens (tertiary/aromatic N) is 1.